The average molecular weight is 310 g/mol. The Kier molecular flexibility index (Phi) is 4.05. The second kappa shape index (κ2) is 6.31. The average Bonchev–Trinajstić information content (AvgIpc) is 3.02. The number of nitrogens with zero attached hydrogens (tertiary/aromatic N) is 2. The Morgan fingerprint density at radius 3 is 2.70 bits per heavy atom. The Balaban J connectivity index is 1.76. The number of benzene rings is 2. The van der Waals surface area contributed by atoms with Gasteiger partial charge in [0.2, 0.25) is 5.82 Å². The van der Waals surface area contributed by atoms with Crippen LogP contribution in [-0.2, 0) is 6.61 Å². The van der Waals surface area contributed by atoms with Gasteiger partial charge in [0.05, 0.1) is 0 Å². The summed E-state index contributed by atoms with van der Waals surface area (Å²) >= 11 is 0. The van der Waals surface area contributed by atoms with Crippen molar-refractivity contribution >= 4 is 5.97 Å². The lowest BCUT2D eigenvalue weighted by molar-refractivity contribution is 0.0691. The molecule has 0 spiro atoms. The summed E-state index contributed by atoms with van der Waals surface area (Å²) in [5.74, 6) is -0.0287. The zero-order valence-corrected chi connectivity index (χ0v) is 12.4. The van der Waals surface area contributed by atoms with Crippen LogP contribution >= 0.6 is 0 Å². The first-order chi connectivity index (χ1) is 11.1. The number of hydrogen-bond donors (Lipinski definition) is 1. The van der Waals surface area contributed by atoms with E-state index in [-0.39, 0.29) is 23.8 Å². The number of carbonyl (C=O) groups is 1. The normalized spacial score (nSPS) is 10.5. The molecule has 0 radical (unpaired) electrons. The van der Waals surface area contributed by atoms with Crippen molar-refractivity contribution in [3.8, 4) is 17.1 Å². The molecule has 0 amide bonds. The molecule has 6 nitrogen and oxygen atoms in total. The Bertz CT molecular complexity index is 842. The third-order valence-corrected chi connectivity index (χ3v) is 3.32. The lowest BCUT2D eigenvalue weighted by Gasteiger charge is -2.06. The van der Waals surface area contributed by atoms with E-state index < -0.39 is 5.97 Å². The zero-order valence-electron chi connectivity index (χ0n) is 12.4. The molecule has 0 aliphatic carbocycles. The molecule has 0 aliphatic heterocycles. The highest BCUT2D eigenvalue weighted by Crippen LogP contribution is 2.22. The molecule has 0 atom stereocenters. The fourth-order valence-corrected chi connectivity index (χ4v) is 2.16. The largest absolute Gasteiger partial charge is 0.483 e. The number of ether oxygens (including phenoxy) is 1. The van der Waals surface area contributed by atoms with Gasteiger partial charge in [0.1, 0.15) is 11.3 Å². The van der Waals surface area contributed by atoms with Crippen molar-refractivity contribution in [3.63, 3.8) is 0 Å². The van der Waals surface area contributed by atoms with Crippen LogP contribution in [0, 0.1) is 6.92 Å². The van der Waals surface area contributed by atoms with Gasteiger partial charge in [-0.1, -0.05) is 41.6 Å². The molecule has 0 saturated heterocycles. The molecule has 2 aromatic carbocycles. The molecule has 116 valence electrons. The first-order valence-corrected chi connectivity index (χ1v) is 6.99. The first kappa shape index (κ1) is 14.8. The fraction of sp³-hybridized carbons (Fsp3) is 0.118. The topological polar surface area (TPSA) is 85.5 Å². The smallest absolute Gasteiger partial charge is 0.339 e. The predicted molar refractivity (Wildman–Crippen MR) is 82.2 cm³/mol. The van der Waals surface area contributed by atoms with Crippen LogP contribution < -0.4 is 4.74 Å². The van der Waals surface area contributed by atoms with Crippen LogP contribution in [0.3, 0.4) is 0 Å². The lowest BCUT2D eigenvalue weighted by atomic mass is 10.1. The van der Waals surface area contributed by atoms with E-state index in [9.17, 15) is 4.79 Å². The number of carboxylic acid groups (broad SMARTS) is 1. The maximum absolute atomic E-state index is 11.1. The monoisotopic (exact) mass is 310 g/mol. The Morgan fingerprint density at radius 1 is 1.17 bits per heavy atom. The minimum absolute atomic E-state index is 0.00315. The number of aromatic nitrogens is 2. The van der Waals surface area contributed by atoms with Crippen molar-refractivity contribution in [1.82, 2.24) is 10.1 Å². The van der Waals surface area contributed by atoms with Crippen LogP contribution in [0.25, 0.3) is 11.4 Å². The van der Waals surface area contributed by atoms with E-state index in [1.807, 2.05) is 31.2 Å². The molecule has 0 saturated carbocycles. The quantitative estimate of drug-likeness (QED) is 0.778. The maximum Gasteiger partial charge on any atom is 0.339 e. The summed E-state index contributed by atoms with van der Waals surface area (Å²) in [5, 5.41) is 13.0. The van der Waals surface area contributed by atoms with E-state index >= 15 is 0 Å². The van der Waals surface area contributed by atoms with Crippen molar-refractivity contribution in [2.24, 2.45) is 0 Å². The van der Waals surface area contributed by atoms with Gasteiger partial charge in [0.15, 0.2) is 6.61 Å². The SMILES string of the molecule is Cc1ccccc1-c1noc(COc2ccccc2C(=O)O)n1. The number of carboxylic acids is 1. The van der Waals surface area contributed by atoms with Crippen molar-refractivity contribution in [3.05, 3.63) is 65.5 Å². The van der Waals surface area contributed by atoms with Gasteiger partial charge in [0, 0.05) is 5.56 Å². The summed E-state index contributed by atoms with van der Waals surface area (Å²) in [4.78, 5) is 15.4. The van der Waals surface area contributed by atoms with Crippen LogP contribution in [0.15, 0.2) is 53.1 Å². The van der Waals surface area contributed by atoms with Gasteiger partial charge in [0.25, 0.3) is 5.89 Å². The molecular formula is C17H14N2O4. The molecule has 0 fully saturated rings. The number of rotatable bonds is 5. The summed E-state index contributed by atoms with van der Waals surface area (Å²) in [7, 11) is 0. The summed E-state index contributed by atoms with van der Waals surface area (Å²) in [6.45, 7) is 1.97. The van der Waals surface area contributed by atoms with Gasteiger partial charge in [-0.05, 0) is 24.6 Å². The van der Waals surface area contributed by atoms with E-state index in [2.05, 4.69) is 10.1 Å². The van der Waals surface area contributed by atoms with Crippen LogP contribution in [0.5, 0.6) is 5.75 Å². The molecule has 1 aromatic heterocycles. The number of aryl methyl sites for hydroxylation is 1. The minimum atomic E-state index is -1.05. The van der Waals surface area contributed by atoms with Crippen molar-refractivity contribution < 1.29 is 19.2 Å². The molecular weight excluding hydrogens is 296 g/mol. The van der Waals surface area contributed by atoms with Gasteiger partial charge in [-0.3, -0.25) is 0 Å². The van der Waals surface area contributed by atoms with Gasteiger partial charge < -0.3 is 14.4 Å². The van der Waals surface area contributed by atoms with Crippen molar-refractivity contribution in [2.45, 2.75) is 13.5 Å². The van der Waals surface area contributed by atoms with Gasteiger partial charge >= 0.3 is 5.97 Å². The predicted octanol–water partition coefficient (Wildman–Crippen LogP) is 3.32. The maximum atomic E-state index is 11.1. The molecule has 6 heteroatoms. The van der Waals surface area contributed by atoms with Gasteiger partial charge in [-0.2, -0.15) is 4.98 Å². The third-order valence-electron chi connectivity index (χ3n) is 3.32. The van der Waals surface area contributed by atoms with Crippen LogP contribution in [0.1, 0.15) is 21.8 Å². The summed E-state index contributed by atoms with van der Waals surface area (Å²) in [6, 6.07) is 14.1. The van der Waals surface area contributed by atoms with Crippen molar-refractivity contribution in [2.75, 3.05) is 0 Å². The van der Waals surface area contributed by atoms with Gasteiger partial charge in [-0.25, -0.2) is 4.79 Å². The second-order valence-electron chi connectivity index (χ2n) is 4.92. The van der Waals surface area contributed by atoms with Crippen molar-refractivity contribution in [1.29, 1.82) is 0 Å². The molecule has 0 bridgehead atoms. The van der Waals surface area contributed by atoms with Crippen LogP contribution in [-0.4, -0.2) is 21.2 Å². The van der Waals surface area contributed by atoms with E-state index in [0.29, 0.717) is 5.82 Å². The lowest BCUT2D eigenvalue weighted by Crippen LogP contribution is -2.03. The Hall–Kier alpha value is -3.15. The molecule has 1 heterocycles. The summed E-state index contributed by atoms with van der Waals surface area (Å²) < 4.78 is 10.6. The van der Waals surface area contributed by atoms with Crippen LogP contribution in [0.2, 0.25) is 0 Å². The van der Waals surface area contributed by atoms with Gasteiger partial charge in [-0.15, -0.1) is 0 Å². The minimum Gasteiger partial charge on any atom is -0.483 e. The van der Waals surface area contributed by atoms with Crippen LogP contribution in [0.4, 0.5) is 0 Å². The highest BCUT2D eigenvalue weighted by molar-refractivity contribution is 5.90. The van der Waals surface area contributed by atoms with E-state index in [1.165, 1.54) is 6.07 Å². The fourth-order valence-electron chi connectivity index (χ4n) is 2.16. The zero-order chi connectivity index (χ0) is 16.2. The molecule has 3 aromatic rings. The van der Waals surface area contributed by atoms with E-state index in [1.54, 1.807) is 18.2 Å². The Morgan fingerprint density at radius 2 is 1.91 bits per heavy atom. The Labute approximate surface area is 132 Å². The summed E-state index contributed by atoms with van der Waals surface area (Å²) in [5.41, 5.74) is 2.01. The molecule has 23 heavy (non-hydrogen) atoms. The molecule has 0 aliphatic rings. The standard InChI is InChI=1S/C17H14N2O4/c1-11-6-2-3-7-12(11)16-18-15(23-19-16)10-22-14-9-5-4-8-13(14)17(20)21/h2-9H,10H2,1H3,(H,20,21). The number of hydrogen-bond acceptors (Lipinski definition) is 5. The number of aromatic carboxylic acids is 1. The highest BCUT2D eigenvalue weighted by Gasteiger charge is 2.14. The molecule has 0 unspecified atom stereocenters. The first-order valence-electron chi connectivity index (χ1n) is 6.99. The molecule has 1 N–H and O–H groups in total. The number of para-hydroxylation sites is 1. The summed E-state index contributed by atoms with van der Waals surface area (Å²) in [6.07, 6.45) is 0. The van der Waals surface area contributed by atoms with E-state index in [0.717, 1.165) is 11.1 Å². The van der Waals surface area contributed by atoms with E-state index in [4.69, 9.17) is 14.4 Å². The molecule has 3 rings (SSSR count). The third kappa shape index (κ3) is 3.21. The highest BCUT2D eigenvalue weighted by atomic mass is 16.5. The second-order valence-corrected chi connectivity index (χ2v) is 4.92.